The van der Waals surface area contributed by atoms with Crippen LogP contribution in [0.2, 0.25) is 0 Å². The molecule has 0 aromatic carbocycles. The van der Waals surface area contributed by atoms with Gasteiger partial charge in [0, 0.05) is 12.8 Å². The molecule has 0 saturated heterocycles. The molecule has 4 heteroatoms. The fraction of sp³-hybridized carbons (Fsp3) is 0.933. The van der Waals surface area contributed by atoms with Gasteiger partial charge in [-0.15, -0.1) is 0 Å². The molecule has 2 aliphatic rings. The molecular weight excluding hydrogens is 424 g/mol. The molecule has 0 aromatic rings. The van der Waals surface area contributed by atoms with Crippen molar-refractivity contribution in [3.05, 3.63) is 0 Å². The quantitative estimate of drug-likeness (QED) is 0.109. The summed E-state index contributed by atoms with van der Waals surface area (Å²) in [6, 6.07) is 0. The van der Waals surface area contributed by atoms with Crippen molar-refractivity contribution in [3.63, 3.8) is 0 Å². The lowest BCUT2D eigenvalue weighted by molar-refractivity contribution is -0.176. The van der Waals surface area contributed by atoms with Crippen molar-refractivity contribution in [1.82, 2.24) is 0 Å². The van der Waals surface area contributed by atoms with Gasteiger partial charge in [0.1, 0.15) is 0 Å². The molecule has 0 unspecified atom stereocenters. The minimum absolute atomic E-state index is 0.0956. The molecule has 2 fully saturated rings. The molecule has 0 radical (unpaired) electrons. The lowest BCUT2D eigenvalue weighted by atomic mass is 10.1. The Morgan fingerprint density at radius 2 is 0.735 bits per heavy atom. The maximum atomic E-state index is 12.5. The molecule has 2 rings (SSSR count). The Hall–Kier alpha value is -1.06. The molecule has 0 bridgehead atoms. The monoisotopic (exact) mass is 478 g/mol. The Morgan fingerprint density at radius 3 is 1.00 bits per heavy atom. The van der Waals surface area contributed by atoms with Crippen molar-refractivity contribution in [3.8, 4) is 0 Å². The number of esters is 2. The third-order valence-corrected chi connectivity index (χ3v) is 7.83. The average Bonchev–Trinajstić information content (AvgIpc) is 3.74. The summed E-state index contributed by atoms with van der Waals surface area (Å²) < 4.78 is 11.9. The van der Waals surface area contributed by atoms with Gasteiger partial charge in [-0.3, -0.25) is 9.59 Å². The van der Waals surface area contributed by atoms with Gasteiger partial charge in [-0.1, -0.05) is 117 Å². The predicted molar refractivity (Wildman–Crippen MR) is 140 cm³/mol. The van der Waals surface area contributed by atoms with E-state index in [1.807, 2.05) is 0 Å². The SMILES string of the molecule is CCCCCCCCCCCC(=O)OC1(C2(OC(=O)CCCCCCCCCCC)CC2)CC1. The van der Waals surface area contributed by atoms with Gasteiger partial charge in [0.25, 0.3) is 0 Å². The number of carbonyl (C=O) groups is 2. The largest absolute Gasteiger partial charge is 0.455 e. The Bertz CT molecular complexity index is 512. The normalized spacial score (nSPS) is 17.4. The van der Waals surface area contributed by atoms with Crippen LogP contribution in [-0.4, -0.2) is 23.1 Å². The van der Waals surface area contributed by atoms with E-state index in [0.29, 0.717) is 12.8 Å². The van der Waals surface area contributed by atoms with Crippen molar-refractivity contribution in [1.29, 1.82) is 0 Å². The highest BCUT2D eigenvalue weighted by Gasteiger charge is 2.71. The van der Waals surface area contributed by atoms with E-state index in [1.54, 1.807) is 0 Å². The molecule has 0 spiro atoms. The van der Waals surface area contributed by atoms with Crippen LogP contribution in [0.3, 0.4) is 0 Å². The summed E-state index contributed by atoms with van der Waals surface area (Å²) in [6.07, 6.45) is 26.8. The van der Waals surface area contributed by atoms with E-state index in [1.165, 1.54) is 89.9 Å². The predicted octanol–water partition coefficient (Wildman–Crippen LogP) is 8.98. The van der Waals surface area contributed by atoms with Crippen LogP contribution in [0.1, 0.15) is 168 Å². The van der Waals surface area contributed by atoms with Crippen molar-refractivity contribution in [2.24, 2.45) is 0 Å². The van der Waals surface area contributed by atoms with E-state index in [4.69, 9.17) is 9.47 Å². The second kappa shape index (κ2) is 16.6. The number of hydrogen-bond donors (Lipinski definition) is 0. The van der Waals surface area contributed by atoms with Crippen LogP contribution in [0.15, 0.2) is 0 Å². The Labute approximate surface area is 210 Å². The molecule has 0 aliphatic heterocycles. The number of carbonyl (C=O) groups excluding carboxylic acids is 2. The third-order valence-electron chi connectivity index (χ3n) is 7.83. The maximum Gasteiger partial charge on any atom is 0.306 e. The molecule has 4 nitrogen and oxygen atoms in total. The van der Waals surface area contributed by atoms with Gasteiger partial charge in [0.15, 0.2) is 11.2 Å². The number of rotatable bonds is 23. The fourth-order valence-electron chi connectivity index (χ4n) is 5.23. The zero-order chi connectivity index (χ0) is 24.5. The van der Waals surface area contributed by atoms with Gasteiger partial charge >= 0.3 is 11.9 Å². The zero-order valence-electron chi connectivity index (χ0n) is 22.6. The van der Waals surface area contributed by atoms with Crippen LogP contribution in [0.4, 0.5) is 0 Å². The van der Waals surface area contributed by atoms with E-state index in [-0.39, 0.29) is 11.9 Å². The van der Waals surface area contributed by atoms with E-state index < -0.39 is 11.2 Å². The van der Waals surface area contributed by atoms with Gasteiger partial charge in [-0.05, 0) is 38.5 Å². The lowest BCUT2D eigenvalue weighted by Crippen LogP contribution is -2.39. The minimum Gasteiger partial charge on any atom is -0.455 e. The standard InChI is InChI=1S/C30H54O4/c1-3-5-7-9-11-13-15-17-19-21-27(31)33-29(23-24-29)30(25-26-30)34-28(32)22-20-18-16-14-12-10-8-6-4-2/h3-26H2,1-2H3. The van der Waals surface area contributed by atoms with Gasteiger partial charge in [0.2, 0.25) is 0 Å². The summed E-state index contributed by atoms with van der Waals surface area (Å²) in [4.78, 5) is 24.9. The summed E-state index contributed by atoms with van der Waals surface area (Å²) >= 11 is 0. The fourth-order valence-corrected chi connectivity index (χ4v) is 5.23. The molecule has 34 heavy (non-hydrogen) atoms. The van der Waals surface area contributed by atoms with Crippen LogP contribution < -0.4 is 0 Å². The number of hydrogen-bond acceptors (Lipinski definition) is 4. The molecule has 198 valence electrons. The number of ether oxygens (including phenoxy) is 2. The molecule has 2 aliphatic carbocycles. The Morgan fingerprint density at radius 1 is 0.471 bits per heavy atom. The van der Waals surface area contributed by atoms with Crippen molar-refractivity contribution in [2.45, 2.75) is 179 Å². The second-order valence-corrected chi connectivity index (χ2v) is 11.1. The highest BCUT2D eigenvalue weighted by atomic mass is 16.6. The molecule has 2 saturated carbocycles. The highest BCUT2D eigenvalue weighted by molar-refractivity contribution is 5.72. The first-order valence-corrected chi connectivity index (χ1v) is 15.0. The van der Waals surface area contributed by atoms with E-state index in [0.717, 1.165) is 51.4 Å². The summed E-state index contributed by atoms with van der Waals surface area (Å²) in [7, 11) is 0. The van der Waals surface area contributed by atoms with Crippen molar-refractivity contribution in [2.75, 3.05) is 0 Å². The lowest BCUT2D eigenvalue weighted by Gasteiger charge is -2.27. The Kier molecular flexibility index (Phi) is 14.2. The van der Waals surface area contributed by atoms with Gasteiger partial charge in [0.05, 0.1) is 0 Å². The summed E-state index contributed by atoms with van der Waals surface area (Å²) in [6.45, 7) is 4.50. The smallest absolute Gasteiger partial charge is 0.306 e. The van der Waals surface area contributed by atoms with Gasteiger partial charge in [-0.2, -0.15) is 0 Å². The van der Waals surface area contributed by atoms with Crippen LogP contribution in [0.5, 0.6) is 0 Å². The average molecular weight is 479 g/mol. The highest BCUT2D eigenvalue weighted by Crippen LogP contribution is 2.62. The third kappa shape index (κ3) is 11.1. The Balaban J connectivity index is 1.52. The van der Waals surface area contributed by atoms with Crippen molar-refractivity contribution >= 4 is 11.9 Å². The first-order chi connectivity index (χ1) is 16.6. The van der Waals surface area contributed by atoms with Crippen LogP contribution >= 0.6 is 0 Å². The molecule has 0 amide bonds. The number of unbranched alkanes of at least 4 members (excludes halogenated alkanes) is 16. The summed E-state index contributed by atoms with van der Waals surface area (Å²) in [5.74, 6) is -0.191. The van der Waals surface area contributed by atoms with Crippen molar-refractivity contribution < 1.29 is 19.1 Å². The molecule has 0 atom stereocenters. The molecular formula is C30H54O4. The van der Waals surface area contributed by atoms with Gasteiger partial charge < -0.3 is 9.47 Å². The topological polar surface area (TPSA) is 52.6 Å². The van der Waals surface area contributed by atoms with Crippen LogP contribution in [-0.2, 0) is 19.1 Å². The zero-order valence-corrected chi connectivity index (χ0v) is 22.6. The first kappa shape index (κ1) is 29.2. The molecule has 0 heterocycles. The molecule has 0 N–H and O–H groups in total. The van der Waals surface area contributed by atoms with Gasteiger partial charge in [-0.25, -0.2) is 0 Å². The first-order valence-electron chi connectivity index (χ1n) is 15.0. The van der Waals surface area contributed by atoms with Crippen LogP contribution in [0, 0.1) is 0 Å². The minimum atomic E-state index is -0.502. The maximum absolute atomic E-state index is 12.5. The van der Waals surface area contributed by atoms with E-state index >= 15 is 0 Å². The van der Waals surface area contributed by atoms with E-state index in [2.05, 4.69) is 13.8 Å². The second-order valence-electron chi connectivity index (χ2n) is 11.1. The summed E-state index contributed by atoms with van der Waals surface area (Å²) in [5.41, 5.74) is -1.00. The summed E-state index contributed by atoms with van der Waals surface area (Å²) in [5, 5.41) is 0. The van der Waals surface area contributed by atoms with E-state index in [9.17, 15) is 9.59 Å². The van der Waals surface area contributed by atoms with Crippen LogP contribution in [0.25, 0.3) is 0 Å². The molecule has 0 aromatic heterocycles.